The number of carbonyl (C=O) groups is 1. The summed E-state index contributed by atoms with van der Waals surface area (Å²) >= 11 is 1.59. The number of rotatable bonds is 5. The van der Waals surface area contributed by atoms with Gasteiger partial charge in [0.2, 0.25) is 5.91 Å². The van der Waals surface area contributed by atoms with Gasteiger partial charge in [0.15, 0.2) is 0 Å². The van der Waals surface area contributed by atoms with Gasteiger partial charge in [-0.2, -0.15) is 0 Å². The van der Waals surface area contributed by atoms with E-state index >= 15 is 0 Å². The Morgan fingerprint density at radius 1 is 1.75 bits per heavy atom. The molecule has 1 aliphatic carbocycles. The van der Waals surface area contributed by atoms with Gasteiger partial charge in [-0.25, -0.2) is 0 Å². The Morgan fingerprint density at radius 2 is 2.50 bits per heavy atom. The van der Waals surface area contributed by atoms with Crippen molar-refractivity contribution in [3.63, 3.8) is 0 Å². The number of aromatic nitrogens is 1. The summed E-state index contributed by atoms with van der Waals surface area (Å²) in [4.78, 5) is 11.6. The zero-order chi connectivity index (χ0) is 11.5. The van der Waals surface area contributed by atoms with E-state index in [9.17, 15) is 4.79 Å². The Bertz CT molecular complexity index is 374. The van der Waals surface area contributed by atoms with Gasteiger partial charge in [-0.3, -0.25) is 4.79 Å². The van der Waals surface area contributed by atoms with Crippen molar-refractivity contribution in [1.29, 1.82) is 0 Å². The van der Waals surface area contributed by atoms with Crippen molar-refractivity contribution < 1.29 is 9.32 Å². The van der Waals surface area contributed by atoms with Crippen molar-refractivity contribution in [2.75, 3.05) is 0 Å². The van der Waals surface area contributed by atoms with Crippen LogP contribution in [-0.4, -0.2) is 22.4 Å². The summed E-state index contributed by atoms with van der Waals surface area (Å²) in [6, 6.07) is 2.34. The quantitative estimate of drug-likeness (QED) is 0.854. The van der Waals surface area contributed by atoms with E-state index in [-0.39, 0.29) is 11.2 Å². The number of hydrogen-bond acceptors (Lipinski definition) is 4. The number of nitrogens with one attached hydrogen (secondary N) is 1. The van der Waals surface area contributed by atoms with Crippen molar-refractivity contribution in [2.24, 2.45) is 0 Å². The number of amides is 1. The molecule has 5 heteroatoms. The Labute approximate surface area is 99.1 Å². The van der Waals surface area contributed by atoms with Crippen LogP contribution in [-0.2, 0) is 10.5 Å². The minimum absolute atomic E-state index is 0.0300. The molecular weight excluding hydrogens is 224 g/mol. The maximum Gasteiger partial charge on any atom is 0.233 e. The summed E-state index contributed by atoms with van der Waals surface area (Å²) in [6.07, 6.45) is 2.26. The average Bonchev–Trinajstić information content (AvgIpc) is 2.96. The maximum atomic E-state index is 11.6. The standard InChI is InChI=1S/C11H16N2O2S/c1-7-5-10(13-15-7)6-16-8(2)11(14)12-9-3-4-9/h5,8-9H,3-4,6H2,1-2H3,(H,12,14)/t8-/m0/s1. The van der Waals surface area contributed by atoms with Crippen LogP contribution in [0.25, 0.3) is 0 Å². The molecule has 0 saturated heterocycles. The SMILES string of the molecule is Cc1cc(CS[C@@H](C)C(=O)NC2CC2)no1. The van der Waals surface area contributed by atoms with E-state index < -0.39 is 0 Å². The van der Waals surface area contributed by atoms with Crippen LogP contribution < -0.4 is 5.32 Å². The molecule has 1 atom stereocenters. The highest BCUT2D eigenvalue weighted by Crippen LogP contribution is 2.22. The molecule has 0 radical (unpaired) electrons. The summed E-state index contributed by atoms with van der Waals surface area (Å²) < 4.78 is 4.97. The van der Waals surface area contributed by atoms with E-state index in [1.54, 1.807) is 11.8 Å². The second kappa shape index (κ2) is 4.91. The summed E-state index contributed by atoms with van der Waals surface area (Å²) in [5.41, 5.74) is 0.897. The van der Waals surface area contributed by atoms with Gasteiger partial charge in [0, 0.05) is 17.9 Å². The highest BCUT2D eigenvalue weighted by atomic mass is 32.2. The van der Waals surface area contributed by atoms with Gasteiger partial charge in [-0.05, 0) is 26.7 Å². The van der Waals surface area contributed by atoms with E-state index in [0.29, 0.717) is 6.04 Å². The molecule has 2 rings (SSSR count). The third kappa shape index (κ3) is 3.27. The van der Waals surface area contributed by atoms with Crippen LogP contribution in [0.4, 0.5) is 0 Å². The molecule has 1 saturated carbocycles. The first-order valence-electron chi connectivity index (χ1n) is 5.49. The van der Waals surface area contributed by atoms with Crippen LogP contribution >= 0.6 is 11.8 Å². The Balaban J connectivity index is 1.73. The maximum absolute atomic E-state index is 11.6. The lowest BCUT2D eigenvalue weighted by Gasteiger charge is -2.09. The van der Waals surface area contributed by atoms with Crippen LogP contribution in [0.5, 0.6) is 0 Å². The zero-order valence-electron chi connectivity index (χ0n) is 9.53. The lowest BCUT2D eigenvalue weighted by atomic mass is 10.4. The molecule has 0 spiro atoms. The van der Waals surface area contributed by atoms with Gasteiger partial charge in [0.25, 0.3) is 0 Å². The number of aryl methyl sites for hydroxylation is 1. The molecule has 4 nitrogen and oxygen atoms in total. The summed E-state index contributed by atoms with van der Waals surface area (Å²) in [6.45, 7) is 3.79. The summed E-state index contributed by atoms with van der Waals surface area (Å²) in [5.74, 6) is 1.66. The smallest absolute Gasteiger partial charge is 0.233 e. The van der Waals surface area contributed by atoms with Gasteiger partial charge in [-0.15, -0.1) is 11.8 Å². The van der Waals surface area contributed by atoms with E-state index in [1.165, 1.54) is 0 Å². The zero-order valence-corrected chi connectivity index (χ0v) is 10.3. The molecule has 1 amide bonds. The highest BCUT2D eigenvalue weighted by Gasteiger charge is 2.25. The van der Waals surface area contributed by atoms with Gasteiger partial charge in [-0.1, -0.05) is 5.16 Å². The molecular formula is C11H16N2O2S. The monoisotopic (exact) mass is 240 g/mol. The molecule has 1 N–H and O–H groups in total. The second-order valence-electron chi connectivity index (χ2n) is 4.16. The summed E-state index contributed by atoms with van der Waals surface area (Å²) in [7, 11) is 0. The van der Waals surface area contributed by atoms with Crippen LogP contribution in [0, 0.1) is 6.92 Å². The second-order valence-corrected chi connectivity index (χ2v) is 5.49. The predicted molar refractivity (Wildman–Crippen MR) is 63.2 cm³/mol. The first-order chi connectivity index (χ1) is 7.65. The topological polar surface area (TPSA) is 55.1 Å². The molecule has 0 bridgehead atoms. The first-order valence-corrected chi connectivity index (χ1v) is 6.54. The third-order valence-electron chi connectivity index (χ3n) is 2.45. The van der Waals surface area contributed by atoms with E-state index in [4.69, 9.17) is 4.52 Å². The molecule has 1 aromatic rings. The fraction of sp³-hybridized carbons (Fsp3) is 0.636. The molecule has 1 fully saturated rings. The van der Waals surface area contributed by atoms with E-state index in [0.717, 1.165) is 30.0 Å². The van der Waals surface area contributed by atoms with E-state index in [2.05, 4.69) is 10.5 Å². The number of thioether (sulfide) groups is 1. The molecule has 0 aliphatic heterocycles. The van der Waals surface area contributed by atoms with Gasteiger partial charge in [0.05, 0.1) is 10.9 Å². The Morgan fingerprint density at radius 3 is 3.06 bits per heavy atom. The summed E-state index contributed by atoms with van der Waals surface area (Å²) in [5, 5.41) is 6.85. The number of carbonyl (C=O) groups excluding carboxylic acids is 1. The average molecular weight is 240 g/mol. The lowest BCUT2D eigenvalue weighted by Crippen LogP contribution is -2.32. The minimum Gasteiger partial charge on any atom is -0.361 e. The van der Waals surface area contributed by atoms with Crippen molar-refractivity contribution in [2.45, 2.75) is 43.7 Å². The fourth-order valence-electron chi connectivity index (χ4n) is 1.32. The third-order valence-corrected chi connectivity index (χ3v) is 3.63. The van der Waals surface area contributed by atoms with Crippen molar-refractivity contribution in [1.82, 2.24) is 10.5 Å². The highest BCUT2D eigenvalue weighted by molar-refractivity contribution is 7.99. The fourth-order valence-corrected chi connectivity index (χ4v) is 2.09. The first kappa shape index (κ1) is 11.5. The molecule has 16 heavy (non-hydrogen) atoms. The molecule has 88 valence electrons. The van der Waals surface area contributed by atoms with Gasteiger partial charge in [0.1, 0.15) is 5.76 Å². The Hall–Kier alpha value is -0.970. The number of nitrogens with zero attached hydrogens (tertiary/aromatic N) is 1. The molecule has 0 aromatic carbocycles. The van der Waals surface area contributed by atoms with E-state index in [1.807, 2.05) is 19.9 Å². The normalized spacial score (nSPS) is 17.1. The van der Waals surface area contributed by atoms with Crippen molar-refractivity contribution in [3.05, 3.63) is 17.5 Å². The van der Waals surface area contributed by atoms with Crippen LogP contribution in [0.15, 0.2) is 10.6 Å². The van der Waals surface area contributed by atoms with Crippen molar-refractivity contribution >= 4 is 17.7 Å². The van der Waals surface area contributed by atoms with Gasteiger partial charge >= 0.3 is 0 Å². The van der Waals surface area contributed by atoms with Gasteiger partial charge < -0.3 is 9.84 Å². The molecule has 0 unspecified atom stereocenters. The predicted octanol–water partition coefficient (Wildman–Crippen LogP) is 1.88. The minimum atomic E-state index is -0.0300. The van der Waals surface area contributed by atoms with Crippen LogP contribution in [0.1, 0.15) is 31.2 Å². The van der Waals surface area contributed by atoms with Crippen LogP contribution in [0.2, 0.25) is 0 Å². The Kier molecular flexibility index (Phi) is 3.53. The molecule has 1 aliphatic rings. The lowest BCUT2D eigenvalue weighted by molar-refractivity contribution is -0.120. The number of hydrogen-bond donors (Lipinski definition) is 1. The van der Waals surface area contributed by atoms with Crippen LogP contribution in [0.3, 0.4) is 0 Å². The largest absolute Gasteiger partial charge is 0.361 e. The molecule has 1 heterocycles. The van der Waals surface area contributed by atoms with Crippen molar-refractivity contribution in [3.8, 4) is 0 Å². The molecule has 1 aromatic heterocycles.